The monoisotopic (exact) mass is 613 g/mol. The summed E-state index contributed by atoms with van der Waals surface area (Å²) < 4.78 is 0. The summed E-state index contributed by atoms with van der Waals surface area (Å²) in [6, 6.07) is 49.0. The van der Waals surface area contributed by atoms with Gasteiger partial charge >= 0.3 is 0 Å². The zero-order chi connectivity index (χ0) is 31.9. The number of benzene rings is 6. The van der Waals surface area contributed by atoms with Crippen molar-refractivity contribution in [2.75, 3.05) is 0 Å². The van der Waals surface area contributed by atoms with Crippen LogP contribution in [0.25, 0.3) is 88.7 Å². The highest BCUT2D eigenvalue weighted by Crippen LogP contribution is 2.39. The highest BCUT2D eigenvalue weighted by atomic mass is 15.0. The Labute approximate surface area is 277 Å². The lowest BCUT2D eigenvalue weighted by molar-refractivity contribution is 1.07. The first-order valence-electron chi connectivity index (χ1n) is 15.9. The van der Waals surface area contributed by atoms with Crippen LogP contribution in [0.3, 0.4) is 0 Å². The molecule has 0 radical (unpaired) electrons. The van der Waals surface area contributed by atoms with E-state index >= 15 is 0 Å². The van der Waals surface area contributed by atoms with Crippen LogP contribution in [0, 0.1) is 0 Å². The molecule has 0 amide bonds. The van der Waals surface area contributed by atoms with Crippen molar-refractivity contribution in [2.24, 2.45) is 0 Å². The van der Waals surface area contributed by atoms with Gasteiger partial charge in [-0.1, -0.05) is 103 Å². The minimum Gasteiger partial charge on any atom is -0.265 e. The lowest BCUT2D eigenvalue weighted by Gasteiger charge is -2.15. The van der Waals surface area contributed by atoms with Crippen molar-refractivity contribution >= 4 is 32.3 Å². The maximum atomic E-state index is 4.94. The molecule has 224 valence electrons. The molecule has 0 spiro atoms. The number of nitrogens with zero attached hydrogens (tertiary/aromatic N) is 5. The predicted octanol–water partition coefficient (Wildman–Crippen LogP) is 10.5. The van der Waals surface area contributed by atoms with E-state index in [9.17, 15) is 0 Å². The van der Waals surface area contributed by atoms with Gasteiger partial charge in [-0.3, -0.25) is 9.97 Å². The van der Waals surface area contributed by atoms with Gasteiger partial charge in [0.2, 0.25) is 0 Å². The molecular weight excluding hydrogens is 587 g/mol. The molecule has 5 nitrogen and oxygen atoms in total. The number of aromatic nitrogens is 5. The van der Waals surface area contributed by atoms with E-state index in [0.29, 0.717) is 17.5 Å². The number of rotatable bonds is 5. The first kappa shape index (κ1) is 27.7. The Hall–Kier alpha value is -6.59. The summed E-state index contributed by atoms with van der Waals surface area (Å²) in [5.41, 5.74) is 7.23. The lowest BCUT2D eigenvalue weighted by Crippen LogP contribution is -2.00. The van der Waals surface area contributed by atoms with Crippen molar-refractivity contribution < 1.29 is 0 Å². The van der Waals surface area contributed by atoms with Gasteiger partial charge in [-0.2, -0.15) is 0 Å². The zero-order valence-electron chi connectivity index (χ0n) is 25.8. The van der Waals surface area contributed by atoms with Crippen molar-refractivity contribution in [3.63, 3.8) is 0 Å². The van der Waals surface area contributed by atoms with Gasteiger partial charge in [-0.25, -0.2) is 15.0 Å². The highest BCUT2D eigenvalue weighted by Gasteiger charge is 2.15. The summed E-state index contributed by atoms with van der Waals surface area (Å²) in [6.07, 6.45) is 7.00. The molecule has 0 aliphatic rings. The molecule has 3 aromatic heterocycles. The number of pyridine rings is 2. The van der Waals surface area contributed by atoms with Gasteiger partial charge in [-0.15, -0.1) is 0 Å². The summed E-state index contributed by atoms with van der Waals surface area (Å²) in [5.74, 6) is 1.79. The van der Waals surface area contributed by atoms with E-state index in [-0.39, 0.29) is 0 Å². The predicted molar refractivity (Wildman–Crippen MR) is 195 cm³/mol. The SMILES string of the molecule is c1cc(-c2nc(-c3ccncc3)nc(-c3ccncc3)n2)cc(-c2ccccc2-c2ccc3c4ccccc4c4ccccc4c3c2)c1. The average Bonchev–Trinajstić information content (AvgIpc) is 3.18. The maximum absolute atomic E-state index is 4.94. The van der Waals surface area contributed by atoms with E-state index < -0.39 is 0 Å². The van der Waals surface area contributed by atoms with Crippen LogP contribution in [0.1, 0.15) is 0 Å². The largest absolute Gasteiger partial charge is 0.265 e. The fourth-order valence-corrected chi connectivity index (χ4v) is 6.65. The van der Waals surface area contributed by atoms with Crippen LogP contribution < -0.4 is 0 Å². The number of hydrogen-bond donors (Lipinski definition) is 0. The Balaban J connectivity index is 1.19. The fraction of sp³-hybridized carbons (Fsp3) is 0. The fourth-order valence-electron chi connectivity index (χ4n) is 6.65. The molecule has 0 N–H and O–H groups in total. The minimum atomic E-state index is 0.593. The van der Waals surface area contributed by atoms with Crippen LogP contribution in [0.2, 0.25) is 0 Å². The standard InChI is InChI=1S/C43H27N5/c1-2-11-34(31-16-17-39-37-14-4-3-12-35(37)36-13-5-6-15-38(36)40(39)27-31)33(10-1)30-8-7-9-32(26-30)43-47-41(28-18-22-44-23-19-28)46-42(48-43)29-20-24-45-25-21-29/h1-27H. The van der Waals surface area contributed by atoms with Crippen molar-refractivity contribution in [1.29, 1.82) is 0 Å². The highest BCUT2D eigenvalue weighted by molar-refractivity contribution is 6.25. The number of fused-ring (bicyclic) bond motifs is 6. The molecule has 0 saturated carbocycles. The van der Waals surface area contributed by atoms with Gasteiger partial charge in [0, 0.05) is 41.5 Å². The van der Waals surface area contributed by atoms with Gasteiger partial charge < -0.3 is 0 Å². The molecule has 0 aliphatic carbocycles. The van der Waals surface area contributed by atoms with E-state index in [1.165, 1.54) is 43.4 Å². The molecule has 0 saturated heterocycles. The van der Waals surface area contributed by atoms with Crippen molar-refractivity contribution in [3.05, 3.63) is 164 Å². The molecule has 0 aliphatic heterocycles. The molecule has 3 heterocycles. The normalized spacial score (nSPS) is 11.3. The molecule has 0 atom stereocenters. The van der Waals surface area contributed by atoms with Crippen LogP contribution in [-0.4, -0.2) is 24.9 Å². The van der Waals surface area contributed by atoms with Crippen LogP contribution in [-0.2, 0) is 0 Å². The molecule has 0 fully saturated rings. The van der Waals surface area contributed by atoms with Gasteiger partial charge in [0.25, 0.3) is 0 Å². The second-order valence-corrected chi connectivity index (χ2v) is 11.8. The van der Waals surface area contributed by atoms with Crippen LogP contribution in [0.15, 0.2) is 164 Å². The van der Waals surface area contributed by atoms with E-state index in [4.69, 9.17) is 15.0 Å². The summed E-state index contributed by atoms with van der Waals surface area (Å²) >= 11 is 0. The molecule has 0 bridgehead atoms. The molecular formula is C43H27N5. The van der Waals surface area contributed by atoms with Crippen molar-refractivity contribution in [2.45, 2.75) is 0 Å². The maximum Gasteiger partial charge on any atom is 0.164 e. The van der Waals surface area contributed by atoms with Crippen LogP contribution in [0.4, 0.5) is 0 Å². The second-order valence-electron chi connectivity index (χ2n) is 11.8. The third-order valence-corrected chi connectivity index (χ3v) is 8.93. The quantitative estimate of drug-likeness (QED) is 0.181. The smallest absolute Gasteiger partial charge is 0.164 e. The molecule has 48 heavy (non-hydrogen) atoms. The summed E-state index contributed by atoms with van der Waals surface area (Å²) in [6.45, 7) is 0. The van der Waals surface area contributed by atoms with E-state index in [2.05, 4.69) is 125 Å². The summed E-state index contributed by atoms with van der Waals surface area (Å²) in [4.78, 5) is 23.0. The van der Waals surface area contributed by atoms with Crippen LogP contribution in [0.5, 0.6) is 0 Å². The molecule has 9 aromatic rings. The Kier molecular flexibility index (Phi) is 6.72. The zero-order valence-corrected chi connectivity index (χ0v) is 25.8. The third kappa shape index (κ3) is 4.86. The molecule has 0 unspecified atom stereocenters. The summed E-state index contributed by atoms with van der Waals surface area (Å²) in [7, 11) is 0. The lowest BCUT2D eigenvalue weighted by atomic mass is 9.89. The van der Waals surface area contributed by atoms with E-state index in [1.54, 1.807) is 24.8 Å². The van der Waals surface area contributed by atoms with Gasteiger partial charge in [-0.05, 0) is 91.0 Å². The minimum absolute atomic E-state index is 0.593. The van der Waals surface area contributed by atoms with Gasteiger partial charge in [0.1, 0.15) is 0 Å². The second kappa shape index (κ2) is 11.6. The van der Waals surface area contributed by atoms with Crippen molar-refractivity contribution in [1.82, 2.24) is 24.9 Å². The van der Waals surface area contributed by atoms with Crippen molar-refractivity contribution in [3.8, 4) is 56.4 Å². The molecule has 6 aromatic carbocycles. The topological polar surface area (TPSA) is 64.5 Å². The van der Waals surface area contributed by atoms with E-state index in [0.717, 1.165) is 27.8 Å². The first-order chi connectivity index (χ1) is 23.8. The van der Waals surface area contributed by atoms with Crippen LogP contribution >= 0.6 is 0 Å². The first-order valence-corrected chi connectivity index (χ1v) is 15.9. The Bertz CT molecular complexity index is 2520. The summed E-state index contributed by atoms with van der Waals surface area (Å²) in [5, 5.41) is 7.60. The average molecular weight is 614 g/mol. The number of hydrogen-bond acceptors (Lipinski definition) is 5. The van der Waals surface area contributed by atoms with Gasteiger partial charge in [0.15, 0.2) is 17.5 Å². The third-order valence-electron chi connectivity index (χ3n) is 8.93. The Morgan fingerprint density at radius 2 is 0.688 bits per heavy atom. The molecule has 5 heteroatoms. The molecule has 9 rings (SSSR count). The Morgan fingerprint density at radius 3 is 1.23 bits per heavy atom. The van der Waals surface area contributed by atoms with Gasteiger partial charge in [0.05, 0.1) is 0 Å². The van der Waals surface area contributed by atoms with E-state index in [1.807, 2.05) is 24.3 Å². The Morgan fingerprint density at radius 1 is 0.271 bits per heavy atom.